The van der Waals surface area contributed by atoms with Gasteiger partial charge in [-0.15, -0.1) is 0 Å². The van der Waals surface area contributed by atoms with Crippen molar-refractivity contribution in [2.75, 3.05) is 26.9 Å². The van der Waals surface area contributed by atoms with E-state index in [0.29, 0.717) is 6.79 Å². The Bertz CT molecular complexity index is 577. The fourth-order valence-corrected chi connectivity index (χ4v) is 2.65. The molecule has 0 saturated heterocycles. The third kappa shape index (κ3) is 2.28. The average molecular weight is 260 g/mol. The molecule has 2 heterocycles. The molecule has 0 bridgehead atoms. The predicted molar refractivity (Wildman–Crippen MR) is 75.9 cm³/mol. The normalized spacial score (nSPS) is 13.6. The van der Waals surface area contributed by atoms with Crippen LogP contribution in [0.25, 0.3) is 10.9 Å². The maximum absolute atomic E-state index is 5.61. The number of nitrogens with zero attached hydrogens (tertiary/aromatic N) is 1. The molecule has 102 valence electrons. The van der Waals surface area contributed by atoms with Crippen LogP contribution < -0.4 is 9.47 Å². The number of hydrogen-bond acceptors (Lipinski definition) is 3. The van der Waals surface area contributed by atoms with E-state index in [1.54, 1.807) is 0 Å². The fourth-order valence-electron chi connectivity index (χ4n) is 2.65. The number of rotatable bonds is 5. The summed E-state index contributed by atoms with van der Waals surface area (Å²) in [6, 6.07) is 4.02. The first kappa shape index (κ1) is 12.4. The van der Waals surface area contributed by atoms with Crippen LogP contribution in [0.5, 0.6) is 11.5 Å². The SMILES string of the molecule is CCCN(C)CCc1c[nH]c2ccc3c(c12)OCO3. The molecule has 19 heavy (non-hydrogen) atoms. The summed E-state index contributed by atoms with van der Waals surface area (Å²) in [5, 5.41) is 1.18. The first-order valence-electron chi connectivity index (χ1n) is 6.86. The highest BCUT2D eigenvalue weighted by Gasteiger charge is 2.19. The molecule has 0 aliphatic carbocycles. The molecule has 0 radical (unpaired) electrons. The Morgan fingerprint density at radius 2 is 2.16 bits per heavy atom. The minimum atomic E-state index is 0.328. The summed E-state index contributed by atoms with van der Waals surface area (Å²) in [6.45, 7) is 4.74. The summed E-state index contributed by atoms with van der Waals surface area (Å²) in [5.74, 6) is 1.75. The molecule has 1 aromatic heterocycles. The lowest BCUT2D eigenvalue weighted by Gasteiger charge is -2.14. The second kappa shape index (κ2) is 5.13. The van der Waals surface area contributed by atoms with Gasteiger partial charge in [0.15, 0.2) is 11.5 Å². The molecule has 1 aliphatic heterocycles. The molecule has 1 aliphatic rings. The third-order valence-corrected chi connectivity index (χ3v) is 3.63. The lowest BCUT2D eigenvalue weighted by molar-refractivity contribution is 0.175. The van der Waals surface area contributed by atoms with Crippen molar-refractivity contribution >= 4 is 10.9 Å². The zero-order chi connectivity index (χ0) is 13.2. The number of nitrogens with one attached hydrogen (secondary N) is 1. The summed E-state index contributed by atoms with van der Waals surface area (Å²) in [7, 11) is 2.17. The number of ether oxygens (including phenoxy) is 2. The largest absolute Gasteiger partial charge is 0.454 e. The maximum atomic E-state index is 5.61. The quantitative estimate of drug-likeness (QED) is 0.898. The summed E-state index contributed by atoms with van der Waals surface area (Å²) < 4.78 is 11.1. The topological polar surface area (TPSA) is 37.5 Å². The van der Waals surface area contributed by atoms with Gasteiger partial charge in [0.05, 0.1) is 0 Å². The van der Waals surface area contributed by atoms with Crippen LogP contribution in [-0.4, -0.2) is 36.8 Å². The van der Waals surface area contributed by atoms with E-state index in [-0.39, 0.29) is 0 Å². The smallest absolute Gasteiger partial charge is 0.231 e. The summed E-state index contributed by atoms with van der Waals surface area (Å²) in [6.07, 6.45) is 4.31. The van der Waals surface area contributed by atoms with Crippen LogP contribution in [0, 0.1) is 0 Å². The second-order valence-corrected chi connectivity index (χ2v) is 5.09. The van der Waals surface area contributed by atoms with Crippen LogP contribution >= 0.6 is 0 Å². The van der Waals surface area contributed by atoms with Crippen LogP contribution in [0.2, 0.25) is 0 Å². The number of likely N-dealkylation sites (N-methyl/N-ethyl adjacent to an activating group) is 1. The Hall–Kier alpha value is -1.68. The molecule has 3 rings (SSSR count). The lowest BCUT2D eigenvalue weighted by Crippen LogP contribution is -2.21. The van der Waals surface area contributed by atoms with Gasteiger partial charge in [-0.1, -0.05) is 6.92 Å². The van der Waals surface area contributed by atoms with E-state index >= 15 is 0 Å². The van der Waals surface area contributed by atoms with E-state index in [1.807, 2.05) is 6.07 Å². The van der Waals surface area contributed by atoms with E-state index in [2.05, 4.69) is 36.1 Å². The molecule has 0 saturated carbocycles. The molecule has 1 N–H and O–H groups in total. The third-order valence-electron chi connectivity index (χ3n) is 3.63. The number of H-pyrrole nitrogens is 1. The van der Waals surface area contributed by atoms with Crippen LogP contribution in [0.15, 0.2) is 18.3 Å². The number of hydrogen-bond donors (Lipinski definition) is 1. The number of fused-ring (bicyclic) bond motifs is 3. The number of benzene rings is 1. The molecule has 4 nitrogen and oxygen atoms in total. The van der Waals surface area contributed by atoms with Crippen molar-refractivity contribution in [2.45, 2.75) is 19.8 Å². The van der Waals surface area contributed by atoms with Crippen LogP contribution in [0.4, 0.5) is 0 Å². The van der Waals surface area contributed by atoms with Gasteiger partial charge in [0, 0.05) is 23.6 Å². The van der Waals surface area contributed by atoms with E-state index in [9.17, 15) is 0 Å². The minimum Gasteiger partial charge on any atom is -0.454 e. The van der Waals surface area contributed by atoms with Gasteiger partial charge in [-0.25, -0.2) is 0 Å². The Morgan fingerprint density at radius 3 is 3.00 bits per heavy atom. The van der Waals surface area contributed by atoms with Crippen molar-refractivity contribution < 1.29 is 9.47 Å². The molecule has 4 heteroatoms. The van der Waals surface area contributed by atoms with Crippen molar-refractivity contribution in [1.29, 1.82) is 0 Å². The number of aromatic amines is 1. The maximum Gasteiger partial charge on any atom is 0.231 e. The summed E-state index contributed by atoms with van der Waals surface area (Å²) in [5.41, 5.74) is 2.43. The van der Waals surface area contributed by atoms with Gasteiger partial charge in [0.1, 0.15) is 0 Å². The Kier molecular flexibility index (Phi) is 3.34. The van der Waals surface area contributed by atoms with E-state index in [4.69, 9.17) is 9.47 Å². The minimum absolute atomic E-state index is 0.328. The van der Waals surface area contributed by atoms with E-state index < -0.39 is 0 Å². The molecular weight excluding hydrogens is 240 g/mol. The zero-order valence-corrected chi connectivity index (χ0v) is 11.5. The highest BCUT2D eigenvalue weighted by molar-refractivity contribution is 5.92. The standard InChI is InChI=1S/C15H20N2O2/c1-3-7-17(2)8-6-11-9-16-12-4-5-13-15(14(11)12)19-10-18-13/h4-5,9,16H,3,6-8,10H2,1-2H3. The molecule has 0 spiro atoms. The molecule has 0 amide bonds. The van der Waals surface area contributed by atoms with Gasteiger partial charge in [0.25, 0.3) is 0 Å². The summed E-state index contributed by atoms with van der Waals surface area (Å²) >= 11 is 0. The van der Waals surface area contributed by atoms with Gasteiger partial charge in [-0.3, -0.25) is 0 Å². The average Bonchev–Trinajstić information content (AvgIpc) is 3.02. The Balaban J connectivity index is 1.86. The van der Waals surface area contributed by atoms with Gasteiger partial charge in [-0.2, -0.15) is 0 Å². The molecule has 2 aromatic rings. The van der Waals surface area contributed by atoms with Gasteiger partial charge in [-0.05, 0) is 44.1 Å². The van der Waals surface area contributed by atoms with Gasteiger partial charge < -0.3 is 19.4 Å². The van der Waals surface area contributed by atoms with Crippen molar-refractivity contribution in [3.63, 3.8) is 0 Å². The van der Waals surface area contributed by atoms with Crippen molar-refractivity contribution in [3.05, 3.63) is 23.9 Å². The van der Waals surface area contributed by atoms with Crippen LogP contribution in [-0.2, 0) is 6.42 Å². The van der Waals surface area contributed by atoms with E-state index in [1.165, 1.54) is 17.4 Å². The molecule has 0 fully saturated rings. The molecular formula is C15H20N2O2. The van der Waals surface area contributed by atoms with E-state index in [0.717, 1.165) is 36.5 Å². The Labute approximate surface area is 113 Å². The highest BCUT2D eigenvalue weighted by Crippen LogP contribution is 2.40. The first-order chi connectivity index (χ1) is 9.29. The monoisotopic (exact) mass is 260 g/mol. The number of aromatic nitrogens is 1. The van der Waals surface area contributed by atoms with Crippen molar-refractivity contribution in [3.8, 4) is 11.5 Å². The van der Waals surface area contributed by atoms with Crippen molar-refractivity contribution in [2.24, 2.45) is 0 Å². The second-order valence-electron chi connectivity index (χ2n) is 5.09. The first-order valence-corrected chi connectivity index (χ1v) is 6.86. The van der Waals surface area contributed by atoms with Crippen LogP contribution in [0.1, 0.15) is 18.9 Å². The fraction of sp³-hybridized carbons (Fsp3) is 0.467. The predicted octanol–water partition coefficient (Wildman–Crippen LogP) is 2.78. The van der Waals surface area contributed by atoms with Gasteiger partial charge >= 0.3 is 0 Å². The molecule has 0 atom stereocenters. The molecule has 1 aromatic carbocycles. The highest BCUT2D eigenvalue weighted by atomic mass is 16.7. The van der Waals surface area contributed by atoms with Crippen molar-refractivity contribution in [1.82, 2.24) is 9.88 Å². The zero-order valence-electron chi connectivity index (χ0n) is 11.5. The van der Waals surface area contributed by atoms with Crippen LogP contribution in [0.3, 0.4) is 0 Å². The summed E-state index contributed by atoms with van der Waals surface area (Å²) in [4.78, 5) is 5.68. The van der Waals surface area contributed by atoms with Gasteiger partial charge in [0.2, 0.25) is 6.79 Å². The Morgan fingerprint density at radius 1 is 1.26 bits per heavy atom. The molecule has 0 unspecified atom stereocenters. The lowest BCUT2D eigenvalue weighted by atomic mass is 10.1.